The zero-order valence-electron chi connectivity index (χ0n) is 13.3. The maximum absolute atomic E-state index is 9.51. The van der Waals surface area contributed by atoms with Gasteiger partial charge in [-0.3, -0.25) is 0 Å². The molecule has 0 bridgehead atoms. The van der Waals surface area contributed by atoms with Crippen LogP contribution in [0.2, 0.25) is 0 Å². The molecule has 2 nitrogen and oxygen atoms in total. The van der Waals surface area contributed by atoms with Gasteiger partial charge >= 0.3 is 0 Å². The van der Waals surface area contributed by atoms with Gasteiger partial charge in [-0.05, 0) is 71.9 Å². The summed E-state index contributed by atoms with van der Waals surface area (Å²) in [7, 11) is 0. The Morgan fingerprint density at radius 2 is 1.41 bits per heavy atom. The van der Waals surface area contributed by atoms with Gasteiger partial charge in [-0.15, -0.1) is 0 Å². The molecule has 1 saturated carbocycles. The standard InChI is InChI=1S/C20H24O2/c1-20(2)12-16(11-14-3-7-17(21)8-4-14)19(13-20)15-5-9-18(22)10-6-15/h3-10,16,19,21-22H,11-13H2,1-2H3. The van der Waals surface area contributed by atoms with Gasteiger partial charge < -0.3 is 10.2 Å². The SMILES string of the molecule is CC1(C)CC(Cc2ccc(O)cc2)C(c2ccc(O)cc2)C1. The van der Waals surface area contributed by atoms with Crippen LogP contribution in [0.25, 0.3) is 0 Å². The fourth-order valence-corrected chi connectivity index (χ4v) is 3.96. The summed E-state index contributed by atoms with van der Waals surface area (Å²) in [5, 5.41) is 18.9. The van der Waals surface area contributed by atoms with E-state index in [0.717, 1.165) is 6.42 Å². The van der Waals surface area contributed by atoms with Gasteiger partial charge in [0.2, 0.25) is 0 Å². The fraction of sp³-hybridized carbons (Fsp3) is 0.400. The van der Waals surface area contributed by atoms with Crippen molar-refractivity contribution in [2.75, 3.05) is 0 Å². The molecule has 2 N–H and O–H groups in total. The number of phenols is 2. The van der Waals surface area contributed by atoms with Crippen molar-refractivity contribution in [1.82, 2.24) is 0 Å². The predicted octanol–water partition coefficient (Wildman–Crippen LogP) is 4.86. The summed E-state index contributed by atoms with van der Waals surface area (Å²) in [6.07, 6.45) is 3.43. The van der Waals surface area contributed by atoms with Crippen molar-refractivity contribution in [3.8, 4) is 11.5 Å². The summed E-state index contributed by atoms with van der Waals surface area (Å²) < 4.78 is 0. The Labute approximate surface area is 132 Å². The third kappa shape index (κ3) is 3.27. The van der Waals surface area contributed by atoms with Crippen molar-refractivity contribution in [3.63, 3.8) is 0 Å². The lowest BCUT2D eigenvalue weighted by molar-refractivity contribution is 0.359. The molecule has 2 heteroatoms. The van der Waals surface area contributed by atoms with Crippen molar-refractivity contribution in [1.29, 1.82) is 0 Å². The highest BCUT2D eigenvalue weighted by molar-refractivity contribution is 5.31. The van der Waals surface area contributed by atoms with Crippen molar-refractivity contribution in [3.05, 3.63) is 59.7 Å². The van der Waals surface area contributed by atoms with Gasteiger partial charge in [-0.25, -0.2) is 0 Å². The van der Waals surface area contributed by atoms with E-state index in [9.17, 15) is 10.2 Å². The van der Waals surface area contributed by atoms with E-state index in [1.54, 1.807) is 24.3 Å². The summed E-state index contributed by atoms with van der Waals surface area (Å²) in [5.41, 5.74) is 2.96. The Kier molecular flexibility index (Phi) is 3.86. The van der Waals surface area contributed by atoms with Crippen LogP contribution in [0.15, 0.2) is 48.5 Å². The smallest absolute Gasteiger partial charge is 0.115 e. The average molecular weight is 296 g/mol. The summed E-state index contributed by atoms with van der Waals surface area (Å²) in [5.74, 6) is 1.79. The average Bonchev–Trinajstić information content (AvgIpc) is 2.77. The molecular weight excluding hydrogens is 272 g/mol. The van der Waals surface area contributed by atoms with Crippen molar-refractivity contribution < 1.29 is 10.2 Å². The summed E-state index contributed by atoms with van der Waals surface area (Å²) in [6.45, 7) is 4.69. The van der Waals surface area contributed by atoms with Gasteiger partial charge in [0.15, 0.2) is 0 Å². The fourth-order valence-electron chi connectivity index (χ4n) is 3.96. The van der Waals surface area contributed by atoms with Crippen LogP contribution in [0.1, 0.15) is 43.7 Å². The molecule has 2 aromatic rings. The Balaban J connectivity index is 1.83. The molecule has 0 radical (unpaired) electrons. The Morgan fingerprint density at radius 1 is 0.864 bits per heavy atom. The van der Waals surface area contributed by atoms with E-state index in [2.05, 4.69) is 26.0 Å². The molecule has 0 aliphatic heterocycles. The highest BCUT2D eigenvalue weighted by atomic mass is 16.3. The first kappa shape index (κ1) is 15.0. The van der Waals surface area contributed by atoms with E-state index in [0.29, 0.717) is 28.7 Å². The van der Waals surface area contributed by atoms with Gasteiger partial charge in [-0.2, -0.15) is 0 Å². The van der Waals surface area contributed by atoms with E-state index in [4.69, 9.17) is 0 Å². The normalized spacial score (nSPS) is 23.5. The largest absolute Gasteiger partial charge is 0.508 e. The Morgan fingerprint density at radius 3 is 2.00 bits per heavy atom. The molecule has 0 saturated heterocycles. The van der Waals surface area contributed by atoms with Crippen LogP contribution in [0, 0.1) is 11.3 Å². The van der Waals surface area contributed by atoms with Crippen LogP contribution in [0.5, 0.6) is 11.5 Å². The summed E-state index contributed by atoms with van der Waals surface area (Å²) in [4.78, 5) is 0. The third-order valence-corrected chi connectivity index (χ3v) is 4.91. The van der Waals surface area contributed by atoms with Crippen LogP contribution < -0.4 is 0 Å². The van der Waals surface area contributed by atoms with E-state index < -0.39 is 0 Å². The van der Waals surface area contributed by atoms with Gasteiger partial charge in [0, 0.05) is 0 Å². The van der Waals surface area contributed by atoms with Crippen LogP contribution in [-0.2, 0) is 6.42 Å². The van der Waals surface area contributed by atoms with Gasteiger partial charge in [0.1, 0.15) is 11.5 Å². The summed E-state index contributed by atoms with van der Waals surface area (Å²) in [6, 6.07) is 15.3. The lowest BCUT2D eigenvalue weighted by Crippen LogP contribution is -2.09. The number of benzene rings is 2. The monoisotopic (exact) mass is 296 g/mol. The second-order valence-corrected chi connectivity index (χ2v) is 7.40. The third-order valence-electron chi connectivity index (χ3n) is 4.91. The van der Waals surface area contributed by atoms with Crippen molar-refractivity contribution in [2.24, 2.45) is 11.3 Å². The number of rotatable bonds is 3. The molecular formula is C20H24O2. The molecule has 1 aliphatic carbocycles. The first-order valence-corrected chi connectivity index (χ1v) is 8.00. The Hall–Kier alpha value is -1.96. The molecule has 1 aliphatic rings. The zero-order valence-corrected chi connectivity index (χ0v) is 13.3. The lowest BCUT2D eigenvalue weighted by Gasteiger charge is -2.20. The van der Waals surface area contributed by atoms with Crippen molar-refractivity contribution in [2.45, 2.75) is 39.0 Å². The molecule has 116 valence electrons. The lowest BCUT2D eigenvalue weighted by atomic mass is 9.85. The molecule has 0 spiro atoms. The minimum absolute atomic E-state index is 0.325. The van der Waals surface area contributed by atoms with Crippen LogP contribution >= 0.6 is 0 Å². The van der Waals surface area contributed by atoms with Gasteiger partial charge in [-0.1, -0.05) is 38.1 Å². The van der Waals surface area contributed by atoms with Gasteiger partial charge in [0.05, 0.1) is 0 Å². The number of aromatic hydroxyl groups is 2. The van der Waals surface area contributed by atoms with E-state index >= 15 is 0 Å². The quantitative estimate of drug-likeness (QED) is 0.849. The summed E-state index contributed by atoms with van der Waals surface area (Å²) >= 11 is 0. The van der Waals surface area contributed by atoms with Crippen LogP contribution in [-0.4, -0.2) is 10.2 Å². The van der Waals surface area contributed by atoms with Crippen LogP contribution in [0.3, 0.4) is 0 Å². The maximum Gasteiger partial charge on any atom is 0.115 e. The number of hydrogen-bond acceptors (Lipinski definition) is 2. The molecule has 0 amide bonds. The molecule has 2 unspecified atom stereocenters. The minimum Gasteiger partial charge on any atom is -0.508 e. The molecule has 22 heavy (non-hydrogen) atoms. The maximum atomic E-state index is 9.51. The van der Waals surface area contributed by atoms with E-state index in [1.807, 2.05) is 12.1 Å². The molecule has 2 atom stereocenters. The Bertz CT molecular complexity index is 626. The molecule has 0 heterocycles. The topological polar surface area (TPSA) is 40.5 Å². The molecule has 2 aromatic carbocycles. The second-order valence-electron chi connectivity index (χ2n) is 7.40. The first-order valence-electron chi connectivity index (χ1n) is 8.00. The van der Waals surface area contributed by atoms with Gasteiger partial charge in [0.25, 0.3) is 0 Å². The second kappa shape index (κ2) is 5.68. The minimum atomic E-state index is 0.325. The van der Waals surface area contributed by atoms with Crippen LogP contribution in [0.4, 0.5) is 0 Å². The number of hydrogen-bond donors (Lipinski definition) is 2. The molecule has 3 rings (SSSR count). The van der Waals surface area contributed by atoms with Crippen molar-refractivity contribution >= 4 is 0 Å². The zero-order chi connectivity index (χ0) is 15.7. The first-order chi connectivity index (χ1) is 10.4. The predicted molar refractivity (Wildman–Crippen MR) is 89.2 cm³/mol. The molecule has 1 fully saturated rings. The van der Waals surface area contributed by atoms with E-state index in [-0.39, 0.29) is 0 Å². The highest BCUT2D eigenvalue weighted by Crippen LogP contribution is 2.51. The highest BCUT2D eigenvalue weighted by Gasteiger charge is 2.39. The number of phenolic OH excluding ortho intramolecular Hbond substituents is 2. The molecule has 0 aromatic heterocycles. The van der Waals surface area contributed by atoms with E-state index in [1.165, 1.54) is 24.0 Å².